The number of aromatic nitrogens is 2. The Kier molecular flexibility index (Phi) is 5.74. The van der Waals surface area contributed by atoms with Crippen molar-refractivity contribution in [3.63, 3.8) is 0 Å². The summed E-state index contributed by atoms with van der Waals surface area (Å²) < 4.78 is 37.3. The van der Waals surface area contributed by atoms with Crippen LogP contribution in [0.15, 0.2) is 6.07 Å². The molecule has 146 valence electrons. The number of nitrogens with zero attached hydrogens (tertiary/aromatic N) is 3. The van der Waals surface area contributed by atoms with Crippen molar-refractivity contribution in [2.24, 2.45) is 5.92 Å². The lowest BCUT2D eigenvalue weighted by atomic mass is 9.95. The molecule has 0 aromatic carbocycles. The van der Waals surface area contributed by atoms with Crippen molar-refractivity contribution < 1.29 is 18.0 Å². The number of rotatable bonds is 4. The third kappa shape index (κ3) is 5.12. The van der Waals surface area contributed by atoms with Crippen molar-refractivity contribution in [3.05, 3.63) is 17.5 Å². The Hall–Kier alpha value is -1.77. The molecule has 2 aliphatic heterocycles. The Bertz CT molecular complexity index is 618. The highest BCUT2D eigenvalue weighted by molar-refractivity contribution is 5.74. The molecule has 2 fully saturated rings. The first-order chi connectivity index (χ1) is 12.3. The lowest BCUT2D eigenvalue weighted by Gasteiger charge is -2.32. The number of H-pyrrole nitrogens is 1. The van der Waals surface area contributed by atoms with E-state index >= 15 is 0 Å². The summed E-state index contributed by atoms with van der Waals surface area (Å²) in [4.78, 5) is 15.6. The molecule has 0 spiro atoms. The molecule has 3 rings (SSSR count). The van der Waals surface area contributed by atoms with E-state index in [0.717, 1.165) is 24.2 Å². The van der Waals surface area contributed by atoms with Crippen LogP contribution in [0.3, 0.4) is 0 Å². The van der Waals surface area contributed by atoms with Gasteiger partial charge in [0.1, 0.15) is 0 Å². The van der Waals surface area contributed by atoms with Crippen LogP contribution >= 0.6 is 0 Å². The first-order valence-corrected chi connectivity index (χ1v) is 9.14. The summed E-state index contributed by atoms with van der Waals surface area (Å²) in [5.41, 5.74) is 1.99. The van der Waals surface area contributed by atoms with E-state index in [4.69, 9.17) is 0 Å². The topological polar surface area (TPSA) is 64.3 Å². The van der Waals surface area contributed by atoms with Crippen LogP contribution < -0.4 is 5.32 Å². The van der Waals surface area contributed by atoms with Gasteiger partial charge in [0.05, 0.1) is 12.2 Å². The molecule has 1 aromatic heterocycles. The van der Waals surface area contributed by atoms with E-state index in [1.54, 1.807) is 4.90 Å². The molecular formula is C17H26F3N5O. The number of piperidine rings is 1. The molecule has 2 atom stereocenters. The van der Waals surface area contributed by atoms with Gasteiger partial charge in [-0.3, -0.25) is 10.00 Å². The zero-order chi connectivity index (χ0) is 18.7. The van der Waals surface area contributed by atoms with Gasteiger partial charge in [-0.05, 0) is 44.7 Å². The number of alkyl halides is 3. The maximum atomic E-state index is 12.4. The first-order valence-electron chi connectivity index (χ1n) is 9.14. The second-order valence-corrected chi connectivity index (χ2v) is 7.45. The number of carbonyl (C=O) groups excluding carboxylic acids is 1. The highest BCUT2D eigenvalue weighted by Crippen LogP contribution is 2.26. The maximum Gasteiger partial charge on any atom is 0.401 e. The summed E-state index contributed by atoms with van der Waals surface area (Å²) in [7, 11) is 0. The smallest absolute Gasteiger partial charge is 0.338 e. The zero-order valence-corrected chi connectivity index (χ0v) is 15.0. The van der Waals surface area contributed by atoms with Crippen LogP contribution in [0.1, 0.15) is 36.6 Å². The van der Waals surface area contributed by atoms with Gasteiger partial charge in [-0.15, -0.1) is 0 Å². The second-order valence-electron chi connectivity index (χ2n) is 7.45. The fraction of sp³-hybridized carbons (Fsp3) is 0.765. The number of hydrogen-bond donors (Lipinski definition) is 2. The molecule has 2 unspecified atom stereocenters. The van der Waals surface area contributed by atoms with Crippen molar-refractivity contribution in [1.29, 1.82) is 0 Å². The van der Waals surface area contributed by atoms with Gasteiger partial charge in [-0.25, -0.2) is 4.79 Å². The number of urea groups is 1. The number of hydrogen-bond acceptors (Lipinski definition) is 3. The third-order valence-corrected chi connectivity index (χ3v) is 5.17. The number of carbonyl (C=O) groups is 1. The van der Waals surface area contributed by atoms with E-state index in [0.29, 0.717) is 39.1 Å². The molecule has 26 heavy (non-hydrogen) atoms. The van der Waals surface area contributed by atoms with Gasteiger partial charge in [-0.2, -0.15) is 18.3 Å². The molecule has 1 aromatic rings. The van der Waals surface area contributed by atoms with Crippen molar-refractivity contribution in [2.45, 2.75) is 38.3 Å². The Morgan fingerprint density at radius 1 is 1.35 bits per heavy atom. The molecule has 3 heterocycles. The normalized spacial score (nSPS) is 24.8. The Morgan fingerprint density at radius 2 is 2.15 bits per heavy atom. The molecule has 2 aliphatic rings. The standard InChI is InChI=1S/C17H26F3N5O/c1-12-7-15(23-22-12)14-3-2-5-25(10-14)16(26)21-8-13-4-6-24(9-13)11-17(18,19)20/h7,13-14H,2-6,8-11H2,1H3,(H,21,26)(H,22,23). The van der Waals surface area contributed by atoms with Crippen LogP contribution in [0, 0.1) is 12.8 Å². The SMILES string of the molecule is Cc1cc(C2CCCN(C(=O)NCC3CCN(CC(F)(F)F)C3)C2)n[nH]1. The predicted molar refractivity (Wildman–Crippen MR) is 90.9 cm³/mol. The maximum absolute atomic E-state index is 12.4. The van der Waals surface area contributed by atoms with E-state index in [1.807, 2.05) is 13.0 Å². The minimum absolute atomic E-state index is 0.0795. The molecule has 0 radical (unpaired) electrons. The van der Waals surface area contributed by atoms with Gasteiger partial charge in [0.25, 0.3) is 0 Å². The van der Waals surface area contributed by atoms with Gasteiger partial charge in [0, 0.05) is 37.8 Å². The predicted octanol–water partition coefficient (Wildman–Crippen LogP) is 2.49. The lowest BCUT2D eigenvalue weighted by molar-refractivity contribution is -0.143. The van der Waals surface area contributed by atoms with Crippen LogP contribution in [0.5, 0.6) is 0 Å². The Balaban J connectivity index is 1.43. The third-order valence-electron chi connectivity index (χ3n) is 5.17. The number of aromatic amines is 1. The molecular weight excluding hydrogens is 347 g/mol. The highest BCUT2D eigenvalue weighted by atomic mass is 19.4. The van der Waals surface area contributed by atoms with E-state index in [9.17, 15) is 18.0 Å². The van der Waals surface area contributed by atoms with Gasteiger partial charge in [0.15, 0.2) is 0 Å². The van der Waals surface area contributed by atoms with Gasteiger partial charge in [0.2, 0.25) is 0 Å². The van der Waals surface area contributed by atoms with Crippen LogP contribution in [0.25, 0.3) is 0 Å². The van der Waals surface area contributed by atoms with Crippen molar-refractivity contribution in [1.82, 2.24) is 25.3 Å². The number of amides is 2. The minimum Gasteiger partial charge on any atom is -0.338 e. The summed E-state index contributed by atoms with van der Waals surface area (Å²) in [6.07, 6.45) is -1.55. The number of likely N-dealkylation sites (tertiary alicyclic amines) is 2. The molecule has 2 amide bonds. The van der Waals surface area contributed by atoms with Crippen molar-refractivity contribution >= 4 is 6.03 Å². The summed E-state index contributed by atoms with van der Waals surface area (Å²) in [5.74, 6) is 0.309. The number of nitrogens with one attached hydrogen (secondary N) is 2. The summed E-state index contributed by atoms with van der Waals surface area (Å²) >= 11 is 0. The van der Waals surface area contributed by atoms with Crippen LogP contribution in [0.2, 0.25) is 0 Å². The average molecular weight is 373 g/mol. The molecule has 6 nitrogen and oxygen atoms in total. The minimum atomic E-state index is -4.16. The second kappa shape index (κ2) is 7.85. The van der Waals surface area contributed by atoms with Crippen LogP contribution in [-0.2, 0) is 0 Å². The van der Waals surface area contributed by atoms with Crippen LogP contribution in [0.4, 0.5) is 18.0 Å². The van der Waals surface area contributed by atoms with Gasteiger partial charge in [-0.1, -0.05) is 0 Å². The summed E-state index contributed by atoms with van der Waals surface area (Å²) in [6, 6.07) is 1.89. The Labute approximate surface area is 151 Å². The fourth-order valence-corrected chi connectivity index (χ4v) is 3.87. The molecule has 0 bridgehead atoms. The monoisotopic (exact) mass is 373 g/mol. The van der Waals surface area contributed by atoms with Crippen molar-refractivity contribution in [3.8, 4) is 0 Å². The van der Waals surface area contributed by atoms with E-state index < -0.39 is 12.7 Å². The molecule has 0 aliphatic carbocycles. The molecule has 0 saturated carbocycles. The van der Waals surface area contributed by atoms with Crippen LogP contribution in [-0.4, -0.2) is 71.5 Å². The summed E-state index contributed by atoms with van der Waals surface area (Å²) in [5, 5.41) is 10.1. The van der Waals surface area contributed by atoms with Crippen molar-refractivity contribution in [2.75, 3.05) is 39.3 Å². The number of aryl methyl sites for hydroxylation is 1. The zero-order valence-electron chi connectivity index (χ0n) is 15.0. The van der Waals surface area contributed by atoms with Gasteiger partial charge >= 0.3 is 12.2 Å². The number of halogens is 3. The van der Waals surface area contributed by atoms with E-state index in [1.165, 1.54) is 4.90 Å². The molecule has 2 saturated heterocycles. The molecule has 2 N–H and O–H groups in total. The molecule has 9 heteroatoms. The lowest BCUT2D eigenvalue weighted by Crippen LogP contribution is -2.46. The van der Waals surface area contributed by atoms with Gasteiger partial charge < -0.3 is 10.2 Å². The summed E-state index contributed by atoms with van der Waals surface area (Å²) in [6.45, 7) is 3.66. The largest absolute Gasteiger partial charge is 0.401 e. The quantitative estimate of drug-likeness (QED) is 0.852. The van der Waals surface area contributed by atoms with E-state index in [-0.39, 0.29) is 17.9 Å². The fourth-order valence-electron chi connectivity index (χ4n) is 3.87. The highest BCUT2D eigenvalue weighted by Gasteiger charge is 2.34. The average Bonchev–Trinajstić information content (AvgIpc) is 3.20. The first kappa shape index (κ1) is 19.0. The Morgan fingerprint density at radius 3 is 2.85 bits per heavy atom. The van der Waals surface area contributed by atoms with E-state index in [2.05, 4.69) is 15.5 Å².